The molecule has 0 saturated heterocycles. The number of hydrogen-bond acceptors (Lipinski definition) is 4. The van der Waals surface area contributed by atoms with E-state index < -0.39 is 12.1 Å². The maximum absolute atomic E-state index is 12.1. The molecule has 1 atom stereocenters. The highest BCUT2D eigenvalue weighted by Gasteiger charge is 2.22. The fraction of sp³-hybridized carbons (Fsp3) is 0.467. The fourth-order valence-corrected chi connectivity index (χ4v) is 1.69. The topological polar surface area (TPSA) is 55.8 Å². The van der Waals surface area contributed by atoms with Gasteiger partial charge in [-0.25, -0.2) is 0 Å². The zero-order valence-electron chi connectivity index (χ0n) is 12.2. The smallest absolute Gasteiger partial charge is 0.325 e. The molecule has 0 spiro atoms. The molecule has 1 rings (SSSR count). The van der Waals surface area contributed by atoms with E-state index >= 15 is 0 Å². The highest BCUT2D eigenvalue weighted by atomic mass is 16.5. The van der Waals surface area contributed by atoms with Crippen LogP contribution in [0.15, 0.2) is 30.3 Å². The summed E-state index contributed by atoms with van der Waals surface area (Å²) in [5, 5.41) is 0. The maximum Gasteiger partial charge on any atom is 0.325 e. The van der Waals surface area contributed by atoms with E-state index in [4.69, 9.17) is 4.74 Å². The van der Waals surface area contributed by atoms with Crippen LogP contribution in [0.3, 0.4) is 0 Å². The molecule has 1 aromatic carbocycles. The molecule has 1 aromatic rings. The second-order valence-corrected chi connectivity index (χ2v) is 4.37. The number of esters is 1. The van der Waals surface area contributed by atoms with Crippen LogP contribution >= 0.6 is 0 Å². The largest absolute Gasteiger partial charge is 0.468 e. The summed E-state index contributed by atoms with van der Waals surface area (Å²) in [5.74, 6) is -0.649. The Morgan fingerprint density at radius 3 is 2.45 bits per heavy atom. The zero-order chi connectivity index (χ0) is 15.0. The van der Waals surface area contributed by atoms with E-state index in [0.29, 0.717) is 13.2 Å². The van der Waals surface area contributed by atoms with Crippen molar-refractivity contribution in [2.24, 2.45) is 0 Å². The van der Waals surface area contributed by atoms with Crippen LogP contribution in [0.1, 0.15) is 19.4 Å². The summed E-state index contributed by atoms with van der Waals surface area (Å²) >= 11 is 0. The van der Waals surface area contributed by atoms with Crippen LogP contribution in [-0.4, -0.2) is 43.1 Å². The molecule has 0 aromatic heterocycles. The molecule has 0 aliphatic carbocycles. The average Bonchev–Trinajstić information content (AvgIpc) is 2.50. The Bertz CT molecular complexity index is 433. The number of rotatable bonds is 7. The molecule has 20 heavy (non-hydrogen) atoms. The molecular weight excluding hydrogens is 258 g/mol. The molecule has 0 aliphatic heterocycles. The normalized spacial score (nSPS) is 11.8. The van der Waals surface area contributed by atoms with Crippen LogP contribution in [0.25, 0.3) is 0 Å². The van der Waals surface area contributed by atoms with Crippen molar-refractivity contribution in [1.82, 2.24) is 4.90 Å². The van der Waals surface area contributed by atoms with Crippen molar-refractivity contribution in [1.29, 1.82) is 0 Å². The number of likely N-dealkylation sites (N-methyl/N-ethyl adjacent to an activating group) is 1. The molecule has 0 bridgehead atoms. The predicted octanol–water partition coefficient (Wildman–Crippen LogP) is 1.61. The highest BCUT2D eigenvalue weighted by molar-refractivity contribution is 5.84. The molecule has 110 valence electrons. The van der Waals surface area contributed by atoms with E-state index in [-0.39, 0.29) is 12.5 Å². The minimum atomic E-state index is -0.597. The van der Waals surface area contributed by atoms with Gasteiger partial charge >= 0.3 is 5.97 Å². The SMILES string of the molecule is CCN(CC(=O)OC)C(=O)C(C)OCc1ccccc1. The number of nitrogens with zero attached hydrogens (tertiary/aromatic N) is 1. The second-order valence-electron chi connectivity index (χ2n) is 4.37. The van der Waals surface area contributed by atoms with Gasteiger partial charge in [0.25, 0.3) is 5.91 Å². The van der Waals surface area contributed by atoms with Gasteiger partial charge in [-0.05, 0) is 19.4 Å². The minimum Gasteiger partial charge on any atom is -0.468 e. The van der Waals surface area contributed by atoms with Gasteiger partial charge in [-0.15, -0.1) is 0 Å². The van der Waals surface area contributed by atoms with E-state index in [1.165, 1.54) is 12.0 Å². The molecule has 5 heteroatoms. The van der Waals surface area contributed by atoms with Crippen molar-refractivity contribution in [3.63, 3.8) is 0 Å². The third-order valence-corrected chi connectivity index (χ3v) is 2.93. The average molecular weight is 279 g/mol. The van der Waals surface area contributed by atoms with Gasteiger partial charge in [-0.2, -0.15) is 0 Å². The summed E-state index contributed by atoms with van der Waals surface area (Å²) < 4.78 is 10.1. The summed E-state index contributed by atoms with van der Waals surface area (Å²) in [4.78, 5) is 24.8. The van der Waals surface area contributed by atoms with E-state index in [0.717, 1.165) is 5.56 Å². The van der Waals surface area contributed by atoms with Crippen LogP contribution < -0.4 is 0 Å². The number of amides is 1. The van der Waals surface area contributed by atoms with Crippen molar-refractivity contribution in [2.45, 2.75) is 26.6 Å². The first-order chi connectivity index (χ1) is 9.58. The lowest BCUT2D eigenvalue weighted by atomic mass is 10.2. The van der Waals surface area contributed by atoms with Gasteiger partial charge in [0.2, 0.25) is 0 Å². The summed E-state index contributed by atoms with van der Waals surface area (Å²) in [6.45, 7) is 4.25. The van der Waals surface area contributed by atoms with E-state index in [9.17, 15) is 9.59 Å². The molecule has 0 heterocycles. The summed E-state index contributed by atoms with van der Waals surface area (Å²) in [6, 6.07) is 9.63. The quantitative estimate of drug-likeness (QED) is 0.712. The highest BCUT2D eigenvalue weighted by Crippen LogP contribution is 2.06. The molecule has 0 N–H and O–H groups in total. The van der Waals surface area contributed by atoms with Gasteiger partial charge in [0.15, 0.2) is 0 Å². The van der Waals surface area contributed by atoms with Crippen molar-refractivity contribution in [3.8, 4) is 0 Å². The lowest BCUT2D eigenvalue weighted by Crippen LogP contribution is -2.42. The molecule has 1 amide bonds. The summed E-state index contributed by atoms with van der Waals surface area (Å²) in [6.07, 6.45) is -0.597. The number of benzene rings is 1. The van der Waals surface area contributed by atoms with Crippen LogP contribution in [0, 0.1) is 0 Å². The first-order valence-electron chi connectivity index (χ1n) is 6.59. The van der Waals surface area contributed by atoms with Crippen LogP contribution in [0.2, 0.25) is 0 Å². The first-order valence-corrected chi connectivity index (χ1v) is 6.59. The van der Waals surface area contributed by atoms with Crippen LogP contribution in [0.5, 0.6) is 0 Å². The van der Waals surface area contributed by atoms with Gasteiger partial charge in [0, 0.05) is 6.54 Å². The van der Waals surface area contributed by atoms with Crippen LogP contribution in [0.4, 0.5) is 0 Å². The fourth-order valence-electron chi connectivity index (χ4n) is 1.69. The Labute approximate surface area is 119 Å². The molecule has 0 saturated carbocycles. The molecular formula is C15H21NO4. The Hall–Kier alpha value is -1.88. The molecule has 1 unspecified atom stereocenters. The summed E-state index contributed by atoms with van der Waals surface area (Å²) in [5.41, 5.74) is 1.00. The van der Waals surface area contributed by atoms with Gasteiger partial charge in [0.05, 0.1) is 13.7 Å². The number of ether oxygens (including phenoxy) is 2. The van der Waals surface area contributed by atoms with Crippen molar-refractivity contribution in [3.05, 3.63) is 35.9 Å². The van der Waals surface area contributed by atoms with Crippen molar-refractivity contribution >= 4 is 11.9 Å². The molecule has 0 radical (unpaired) electrons. The van der Waals surface area contributed by atoms with Gasteiger partial charge in [-0.1, -0.05) is 30.3 Å². The monoisotopic (exact) mass is 279 g/mol. The van der Waals surface area contributed by atoms with E-state index in [2.05, 4.69) is 4.74 Å². The zero-order valence-corrected chi connectivity index (χ0v) is 12.2. The van der Waals surface area contributed by atoms with Crippen molar-refractivity contribution < 1.29 is 19.1 Å². The Morgan fingerprint density at radius 2 is 1.90 bits per heavy atom. The Morgan fingerprint density at radius 1 is 1.25 bits per heavy atom. The third kappa shape index (κ3) is 5.01. The summed E-state index contributed by atoms with van der Waals surface area (Å²) in [7, 11) is 1.30. The van der Waals surface area contributed by atoms with Crippen LogP contribution in [-0.2, 0) is 25.7 Å². The Kier molecular flexibility index (Phi) is 6.73. The van der Waals surface area contributed by atoms with Crippen molar-refractivity contribution in [2.75, 3.05) is 20.2 Å². The number of methoxy groups -OCH3 is 1. The number of hydrogen-bond donors (Lipinski definition) is 0. The lowest BCUT2D eigenvalue weighted by molar-refractivity contribution is -0.152. The minimum absolute atomic E-state index is 0.0507. The third-order valence-electron chi connectivity index (χ3n) is 2.93. The first kappa shape index (κ1) is 16.2. The molecule has 0 fully saturated rings. The maximum atomic E-state index is 12.1. The Balaban J connectivity index is 2.50. The van der Waals surface area contributed by atoms with Gasteiger partial charge < -0.3 is 14.4 Å². The van der Waals surface area contributed by atoms with Gasteiger partial charge in [-0.3, -0.25) is 9.59 Å². The molecule has 0 aliphatic rings. The lowest BCUT2D eigenvalue weighted by Gasteiger charge is -2.23. The second kappa shape index (κ2) is 8.32. The number of carbonyl (C=O) groups excluding carboxylic acids is 2. The predicted molar refractivity (Wildman–Crippen MR) is 75.0 cm³/mol. The van der Waals surface area contributed by atoms with Gasteiger partial charge in [0.1, 0.15) is 12.6 Å². The van der Waals surface area contributed by atoms with E-state index in [1.807, 2.05) is 37.3 Å². The van der Waals surface area contributed by atoms with E-state index in [1.54, 1.807) is 6.92 Å². The number of carbonyl (C=O) groups is 2. The standard InChI is InChI=1S/C15H21NO4/c1-4-16(10-14(17)19-3)15(18)12(2)20-11-13-8-6-5-7-9-13/h5-9,12H,4,10-11H2,1-3H3. The molecule has 5 nitrogen and oxygen atoms in total.